The zero-order valence-corrected chi connectivity index (χ0v) is 7.92. The molecule has 1 aliphatic heterocycles. The number of nitrogens with one attached hydrogen (secondary N) is 1. The van der Waals surface area contributed by atoms with E-state index in [1.807, 2.05) is 25.8 Å². The minimum absolute atomic E-state index is 0.0382. The van der Waals surface area contributed by atoms with Crippen molar-refractivity contribution in [3.63, 3.8) is 0 Å². The van der Waals surface area contributed by atoms with Crippen LogP contribution in [0, 0.1) is 0 Å². The molecule has 0 saturated carbocycles. The highest BCUT2D eigenvalue weighted by molar-refractivity contribution is 5.83. The van der Waals surface area contributed by atoms with E-state index in [1.54, 1.807) is 0 Å². The van der Waals surface area contributed by atoms with Crippen molar-refractivity contribution in [2.24, 2.45) is 5.73 Å². The molecule has 3 N–H and O–H groups in total. The number of nitrogens with two attached hydrogens (primary N) is 1. The molecule has 1 rings (SSSR count). The monoisotopic (exact) mass is 171 g/mol. The second-order valence-corrected chi connectivity index (χ2v) is 4.04. The van der Waals surface area contributed by atoms with Gasteiger partial charge in [-0.3, -0.25) is 9.69 Å². The van der Waals surface area contributed by atoms with Gasteiger partial charge in [0, 0.05) is 18.6 Å². The molecule has 0 aromatic rings. The number of amides is 1. The summed E-state index contributed by atoms with van der Waals surface area (Å²) < 4.78 is 0. The van der Waals surface area contributed by atoms with Crippen molar-refractivity contribution in [3.8, 4) is 0 Å². The molecule has 12 heavy (non-hydrogen) atoms. The number of rotatable bonds is 1. The molecule has 4 nitrogen and oxygen atoms in total. The van der Waals surface area contributed by atoms with Gasteiger partial charge in [-0.25, -0.2) is 0 Å². The number of nitrogens with zero attached hydrogens (tertiary/aromatic N) is 1. The van der Waals surface area contributed by atoms with Crippen molar-refractivity contribution in [3.05, 3.63) is 0 Å². The summed E-state index contributed by atoms with van der Waals surface area (Å²) in [6, 6.07) is -0.155. The molecule has 1 saturated heterocycles. The van der Waals surface area contributed by atoms with E-state index in [9.17, 15) is 4.79 Å². The lowest BCUT2D eigenvalue weighted by Gasteiger charge is -2.41. The lowest BCUT2D eigenvalue weighted by Crippen LogP contribution is -2.65. The van der Waals surface area contributed by atoms with Gasteiger partial charge in [0.15, 0.2) is 0 Å². The van der Waals surface area contributed by atoms with Crippen LogP contribution >= 0.6 is 0 Å². The molecular formula is C8H17N3O. The standard InChI is InChI=1S/C8H17N3O/c1-8(2)5-11(3)6(4-9)7(12)10-8/h6H,4-5,9H2,1-3H3,(H,10,12). The van der Waals surface area contributed by atoms with Gasteiger partial charge in [-0.1, -0.05) is 0 Å². The first kappa shape index (κ1) is 9.48. The summed E-state index contributed by atoms with van der Waals surface area (Å²) in [5, 5.41) is 2.93. The molecular weight excluding hydrogens is 154 g/mol. The van der Waals surface area contributed by atoms with Crippen molar-refractivity contribution >= 4 is 5.91 Å². The molecule has 0 spiro atoms. The Labute approximate surface area is 73.1 Å². The van der Waals surface area contributed by atoms with Gasteiger partial charge in [-0.15, -0.1) is 0 Å². The minimum Gasteiger partial charge on any atom is -0.349 e. The summed E-state index contributed by atoms with van der Waals surface area (Å²) in [7, 11) is 1.93. The fourth-order valence-electron chi connectivity index (χ4n) is 1.68. The van der Waals surface area contributed by atoms with E-state index in [0.717, 1.165) is 6.54 Å². The van der Waals surface area contributed by atoms with Gasteiger partial charge in [0.1, 0.15) is 6.04 Å². The summed E-state index contributed by atoms with van der Waals surface area (Å²) in [6.45, 7) is 5.25. The molecule has 1 unspecified atom stereocenters. The maximum absolute atomic E-state index is 11.4. The lowest BCUT2D eigenvalue weighted by molar-refractivity contribution is -0.131. The molecule has 0 aliphatic carbocycles. The molecule has 1 amide bonds. The van der Waals surface area contributed by atoms with Crippen LogP contribution < -0.4 is 11.1 Å². The van der Waals surface area contributed by atoms with E-state index < -0.39 is 0 Å². The third-order valence-corrected chi connectivity index (χ3v) is 2.16. The molecule has 1 atom stereocenters. The highest BCUT2D eigenvalue weighted by Gasteiger charge is 2.35. The van der Waals surface area contributed by atoms with Crippen LogP contribution in [0.2, 0.25) is 0 Å². The molecule has 4 heteroatoms. The smallest absolute Gasteiger partial charge is 0.239 e. The topological polar surface area (TPSA) is 58.4 Å². The quantitative estimate of drug-likeness (QED) is 0.540. The van der Waals surface area contributed by atoms with Gasteiger partial charge >= 0.3 is 0 Å². The number of piperazine rings is 1. The molecule has 1 heterocycles. The van der Waals surface area contributed by atoms with E-state index in [-0.39, 0.29) is 17.5 Å². The third kappa shape index (κ3) is 1.76. The van der Waals surface area contributed by atoms with E-state index in [2.05, 4.69) is 5.32 Å². The van der Waals surface area contributed by atoms with Gasteiger partial charge in [-0.05, 0) is 20.9 Å². The van der Waals surface area contributed by atoms with E-state index in [1.165, 1.54) is 0 Å². The van der Waals surface area contributed by atoms with Gasteiger partial charge in [0.25, 0.3) is 0 Å². The predicted octanol–water partition coefficient (Wildman–Crippen LogP) is -0.846. The Morgan fingerprint density at radius 2 is 2.33 bits per heavy atom. The van der Waals surface area contributed by atoms with E-state index in [4.69, 9.17) is 5.73 Å². The highest BCUT2D eigenvalue weighted by Crippen LogP contribution is 2.13. The van der Waals surface area contributed by atoms with E-state index in [0.29, 0.717) is 6.54 Å². The van der Waals surface area contributed by atoms with Gasteiger partial charge in [0.05, 0.1) is 0 Å². The third-order valence-electron chi connectivity index (χ3n) is 2.16. The number of carbonyl (C=O) groups excluding carboxylic acids is 1. The zero-order chi connectivity index (χ0) is 9.35. The fraction of sp³-hybridized carbons (Fsp3) is 0.875. The SMILES string of the molecule is CN1CC(C)(C)NC(=O)C1CN. The average Bonchev–Trinajstić information content (AvgIpc) is 1.82. The Bertz CT molecular complexity index is 191. The maximum Gasteiger partial charge on any atom is 0.239 e. The Morgan fingerprint density at radius 3 is 2.75 bits per heavy atom. The number of likely N-dealkylation sites (N-methyl/N-ethyl adjacent to an activating group) is 1. The van der Waals surface area contributed by atoms with Crippen LogP contribution in [-0.2, 0) is 4.79 Å². The molecule has 1 fully saturated rings. The first-order valence-electron chi connectivity index (χ1n) is 4.18. The average molecular weight is 171 g/mol. The van der Waals surface area contributed by atoms with Gasteiger partial charge in [0.2, 0.25) is 5.91 Å². The van der Waals surface area contributed by atoms with Crippen molar-refractivity contribution in [2.45, 2.75) is 25.4 Å². The normalized spacial score (nSPS) is 30.0. The van der Waals surface area contributed by atoms with Crippen molar-refractivity contribution in [1.29, 1.82) is 0 Å². The molecule has 70 valence electrons. The van der Waals surface area contributed by atoms with Crippen molar-refractivity contribution in [1.82, 2.24) is 10.2 Å². The van der Waals surface area contributed by atoms with Crippen LogP contribution in [0.1, 0.15) is 13.8 Å². The zero-order valence-electron chi connectivity index (χ0n) is 7.92. The number of hydrogen-bond acceptors (Lipinski definition) is 3. The molecule has 1 aliphatic rings. The maximum atomic E-state index is 11.4. The highest BCUT2D eigenvalue weighted by atomic mass is 16.2. The molecule has 0 aromatic carbocycles. The summed E-state index contributed by atoms with van der Waals surface area (Å²) in [5.41, 5.74) is 5.34. The van der Waals surface area contributed by atoms with Crippen LogP contribution in [0.25, 0.3) is 0 Å². The second kappa shape index (κ2) is 3.03. The van der Waals surface area contributed by atoms with Gasteiger partial charge < -0.3 is 11.1 Å². The molecule has 0 bridgehead atoms. The molecule has 0 aromatic heterocycles. The van der Waals surface area contributed by atoms with Crippen LogP contribution in [0.5, 0.6) is 0 Å². The van der Waals surface area contributed by atoms with Gasteiger partial charge in [-0.2, -0.15) is 0 Å². The summed E-state index contributed by atoms with van der Waals surface area (Å²) in [6.07, 6.45) is 0. The lowest BCUT2D eigenvalue weighted by atomic mass is 9.99. The first-order valence-corrected chi connectivity index (χ1v) is 4.18. The van der Waals surface area contributed by atoms with Crippen LogP contribution in [0.15, 0.2) is 0 Å². The number of carbonyl (C=O) groups is 1. The summed E-state index contributed by atoms with van der Waals surface area (Å²) >= 11 is 0. The van der Waals surface area contributed by atoms with Crippen molar-refractivity contribution in [2.75, 3.05) is 20.1 Å². The minimum atomic E-state index is -0.155. The Balaban J connectivity index is 2.70. The number of hydrogen-bond donors (Lipinski definition) is 2. The van der Waals surface area contributed by atoms with Crippen LogP contribution in [0.3, 0.4) is 0 Å². The van der Waals surface area contributed by atoms with Crippen molar-refractivity contribution < 1.29 is 4.79 Å². The van der Waals surface area contributed by atoms with E-state index >= 15 is 0 Å². The Hall–Kier alpha value is -0.610. The fourth-order valence-corrected chi connectivity index (χ4v) is 1.68. The largest absolute Gasteiger partial charge is 0.349 e. The van der Waals surface area contributed by atoms with Crippen LogP contribution in [-0.4, -0.2) is 42.5 Å². The first-order chi connectivity index (χ1) is 5.46. The second-order valence-electron chi connectivity index (χ2n) is 4.04. The van der Waals surface area contributed by atoms with Crippen LogP contribution in [0.4, 0.5) is 0 Å². The summed E-state index contributed by atoms with van der Waals surface area (Å²) in [4.78, 5) is 13.4. The Kier molecular flexibility index (Phi) is 2.39. The molecule has 0 radical (unpaired) electrons. The summed E-state index contributed by atoms with van der Waals surface area (Å²) in [5.74, 6) is 0.0382. The Morgan fingerprint density at radius 1 is 1.75 bits per heavy atom. The predicted molar refractivity (Wildman–Crippen MR) is 47.7 cm³/mol.